The van der Waals surface area contributed by atoms with Crippen LogP contribution in [0.15, 0.2) is 30.6 Å². The van der Waals surface area contributed by atoms with Crippen molar-refractivity contribution in [3.63, 3.8) is 0 Å². The number of ether oxygens (including phenoxy) is 1. The summed E-state index contributed by atoms with van der Waals surface area (Å²) >= 11 is 1.68. The minimum Gasteiger partial charge on any atom is -0.444 e. The Hall–Kier alpha value is -1.88. The Morgan fingerprint density at radius 3 is 2.78 bits per heavy atom. The predicted molar refractivity (Wildman–Crippen MR) is 94.6 cm³/mol. The molecule has 0 aliphatic carbocycles. The Balaban J connectivity index is 2.03. The number of amides is 1. The molecule has 2 aromatic rings. The Labute approximate surface area is 141 Å². The molecule has 0 saturated heterocycles. The smallest absolute Gasteiger partial charge is 0.407 e. The molecule has 23 heavy (non-hydrogen) atoms. The van der Waals surface area contributed by atoms with Crippen molar-refractivity contribution in [2.45, 2.75) is 52.7 Å². The molecule has 0 aliphatic heterocycles. The van der Waals surface area contributed by atoms with Crippen molar-refractivity contribution < 1.29 is 9.53 Å². The third-order valence-electron chi connectivity index (χ3n) is 3.16. The highest BCUT2D eigenvalue weighted by Crippen LogP contribution is 2.30. The molecule has 0 fully saturated rings. The molecule has 0 spiro atoms. The van der Waals surface area contributed by atoms with Gasteiger partial charge in [-0.15, -0.1) is 11.3 Å². The number of thiophene rings is 1. The highest BCUT2D eigenvalue weighted by atomic mass is 32.1. The quantitative estimate of drug-likeness (QED) is 0.856. The van der Waals surface area contributed by atoms with Gasteiger partial charge in [-0.2, -0.15) is 0 Å². The molecular formula is C18H24N2O2S. The molecule has 1 N–H and O–H groups in total. The molecule has 124 valence electrons. The summed E-state index contributed by atoms with van der Waals surface area (Å²) in [5, 5.41) is 2.79. The zero-order chi connectivity index (χ0) is 16.9. The van der Waals surface area contributed by atoms with Crippen LogP contribution in [0.1, 0.15) is 44.6 Å². The number of aromatic nitrogens is 1. The van der Waals surface area contributed by atoms with Gasteiger partial charge in [0.25, 0.3) is 0 Å². The van der Waals surface area contributed by atoms with Crippen LogP contribution in [0.2, 0.25) is 0 Å². The number of carbonyl (C=O) groups excluding carboxylic acids is 1. The van der Waals surface area contributed by atoms with Crippen molar-refractivity contribution in [2.24, 2.45) is 0 Å². The first-order valence-corrected chi connectivity index (χ1v) is 8.69. The molecule has 0 aliphatic rings. The highest BCUT2D eigenvalue weighted by Gasteiger charge is 2.16. The molecule has 0 bridgehead atoms. The van der Waals surface area contributed by atoms with Crippen LogP contribution in [-0.2, 0) is 17.7 Å². The highest BCUT2D eigenvalue weighted by molar-refractivity contribution is 7.15. The second-order valence-electron chi connectivity index (χ2n) is 6.40. The van der Waals surface area contributed by atoms with Crippen LogP contribution in [-0.4, -0.2) is 16.7 Å². The second-order valence-corrected chi connectivity index (χ2v) is 7.57. The number of nitrogens with zero attached hydrogens (tertiary/aromatic N) is 1. The van der Waals surface area contributed by atoms with Gasteiger partial charge in [-0.25, -0.2) is 4.79 Å². The van der Waals surface area contributed by atoms with E-state index in [1.807, 2.05) is 39.2 Å². The van der Waals surface area contributed by atoms with Crippen molar-refractivity contribution in [2.75, 3.05) is 0 Å². The Bertz CT molecular complexity index is 659. The third-order valence-corrected chi connectivity index (χ3v) is 4.28. The van der Waals surface area contributed by atoms with Crippen molar-refractivity contribution in [3.05, 3.63) is 41.0 Å². The topological polar surface area (TPSA) is 51.2 Å². The average molecular weight is 332 g/mol. The largest absolute Gasteiger partial charge is 0.444 e. The van der Waals surface area contributed by atoms with E-state index in [-0.39, 0.29) is 6.09 Å². The number of aryl methyl sites for hydroxylation is 1. The first kappa shape index (κ1) is 17.5. The number of rotatable bonds is 5. The Morgan fingerprint density at radius 2 is 2.09 bits per heavy atom. The van der Waals surface area contributed by atoms with Crippen molar-refractivity contribution in [1.29, 1.82) is 0 Å². The lowest BCUT2D eigenvalue weighted by atomic mass is 10.0. The predicted octanol–water partition coefficient (Wildman–Crippen LogP) is 4.79. The zero-order valence-corrected chi connectivity index (χ0v) is 15.0. The minimum absolute atomic E-state index is 0.388. The molecule has 1 amide bonds. The summed E-state index contributed by atoms with van der Waals surface area (Å²) in [7, 11) is 0. The van der Waals surface area contributed by atoms with E-state index in [4.69, 9.17) is 4.74 Å². The zero-order valence-electron chi connectivity index (χ0n) is 14.2. The van der Waals surface area contributed by atoms with E-state index in [0.29, 0.717) is 6.54 Å². The lowest BCUT2D eigenvalue weighted by molar-refractivity contribution is 0.0524. The van der Waals surface area contributed by atoms with E-state index in [1.54, 1.807) is 11.3 Å². The van der Waals surface area contributed by atoms with Gasteiger partial charge in [0.15, 0.2) is 0 Å². The van der Waals surface area contributed by atoms with Crippen molar-refractivity contribution >= 4 is 17.4 Å². The van der Waals surface area contributed by atoms with Crippen LogP contribution in [0.4, 0.5) is 4.79 Å². The third kappa shape index (κ3) is 5.36. The van der Waals surface area contributed by atoms with Crippen molar-refractivity contribution in [1.82, 2.24) is 10.3 Å². The average Bonchev–Trinajstić information content (AvgIpc) is 2.93. The number of pyridine rings is 1. The van der Waals surface area contributed by atoms with Gasteiger partial charge in [-0.05, 0) is 51.0 Å². The maximum Gasteiger partial charge on any atom is 0.407 e. The van der Waals surface area contributed by atoms with Gasteiger partial charge >= 0.3 is 6.09 Å². The summed E-state index contributed by atoms with van der Waals surface area (Å²) in [4.78, 5) is 18.2. The lowest BCUT2D eigenvalue weighted by Gasteiger charge is -2.19. The van der Waals surface area contributed by atoms with Gasteiger partial charge in [-0.3, -0.25) is 4.98 Å². The second kappa shape index (κ2) is 7.59. The van der Waals surface area contributed by atoms with Gasteiger partial charge in [0, 0.05) is 27.7 Å². The van der Waals surface area contributed by atoms with Crippen LogP contribution in [0.3, 0.4) is 0 Å². The van der Waals surface area contributed by atoms with E-state index >= 15 is 0 Å². The van der Waals surface area contributed by atoms with Crippen LogP contribution in [0.25, 0.3) is 10.4 Å². The van der Waals surface area contributed by atoms with Crippen molar-refractivity contribution in [3.8, 4) is 10.4 Å². The summed E-state index contributed by atoms with van der Waals surface area (Å²) in [6.45, 7) is 8.21. The minimum atomic E-state index is -0.477. The molecule has 0 radical (unpaired) electrons. The molecule has 0 unspecified atom stereocenters. The molecule has 2 heterocycles. The normalized spacial score (nSPS) is 11.3. The summed E-state index contributed by atoms with van der Waals surface area (Å²) < 4.78 is 5.25. The van der Waals surface area contributed by atoms with Gasteiger partial charge in [0.2, 0.25) is 0 Å². The van der Waals surface area contributed by atoms with E-state index in [0.717, 1.165) is 17.7 Å². The Morgan fingerprint density at radius 1 is 1.30 bits per heavy atom. The molecule has 0 aromatic carbocycles. The number of alkyl carbamates (subject to hydrolysis) is 1. The monoisotopic (exact) mass is 332 g/mol. The van der Waals surface area contributed by atoms with Crippen LogP contribution in [0.5, 0.6) is 0 Å². The van der Waals surface area contributed by atoms with E-state index in [1.165, 1.54) is 16.0 Å². The maximum absolute atomic E-state index is 11.7. The first-order valence-electron chi connectivity index (χ1n) is 7.88. The van der Waals surface area contributed by atoms with Gasteiger partial charge in [0.1, 0.15) is 5.60 Å². The molecule has 5 heteroatoms. The van der Waals surface area contributed by atoms with E-state index in [2.05, 4.69) is 29.4 Å². The molecule has 4 nitrogen and oxygen atoms in total. The molecular weight excluding hydrogens is 308 g/mol. The SMILES string of the molecule is CCCc1ccncc1-c1ccc(CNC(=O)OC(C)(C)C)s1. The fraction of sp³-hybridized carbons (Fsp3) is 0.444. The lowest BCUT2D eigenvalue weighted by Crippen LogP contribution is -2.31. The number of carbonyl (C=O) groups is 1. The van der Waals surface area contributed by atoms with Gasteiger partial charge < -0.3 is 10.1 Å². The number of hydrogen-bond donors (Lipinski definition) is 1. The number of nitrogens with one attached hydrogen (secondary N) is 1. The summed E-state index contributed by atoms with van der Waals surface area (Å²) in [5.41, 5.74) is 2.02. The summed E-state index contributed by atoms with van der Waals surface area (Å²) in [6, 6.07) is 6.21. The summed E-state index contributed by atoms with van der Waals surface area (Å²) in [5.74, 6) is 0. The maximum atomic E-state index is 11.7. The van der Waals surface area contributed by atoms with E-state index < -0.39 is 5.60 Å². The van der Waals surface area contributed by atoms with E-state index in [9.17, 15) is 4.79 Å². The molecule has 2 rings (SSSR count). The number of hydrogen-bond acceptors (Lipinski definition) is 4. The molecule has 0 atom stereocenters. The van der Waals surface area contributed by atoms with Gasteiger partial charge in [-0.1, -0.05) is 13.3 Å². The summed E-state index contributed by atoms with van der Waals surface area (Å²) in [6.07, 6.45) is 5.52. The standard InChI is InChI=1S/C18H24N2O2S/c1-5-6-13-9-10-19-12-15(13)16-8-7-14(23-16)11-20-17(21)22-18(2,3)4/h7-10,12H,5-6,11H2,1-4H3,(H,20,21). The fourth-order valence-corrected chi connectivity index (χ4v) is 3.22. The fourth-order valence-electron chi connectivity index (χ4n) is 2.22. The first-order chi connectivity index (χ1) is 10.9. The Kier molecular flexibility index (Phi) is 5.77. The van der Waals surface area contributed by atoms with Crippen LogP contribution in [0, 0.1) is 0 Å². The molecule has 2 aromatic heterocycles. The molecule has 0 saturated carbocycles. The van der Waals surface area contributed by atoms with Crippen LogP contribution >= 0.6 is 11.3 Å². The van der Waals surface area contributed by atoms with Crippen LogP contribution < -0.4 is 5.32 Å². The van der Waals surface area contributed by atoms with Gasteiger partial charge in [0.05, 0.1) is 6.54 Å².